The van der Waals surface area contributed by atoms with E-state index in [1.807, 2.05) is 43.5 Å². The SMILES string of the molecule is Cc1ccc(-c2ncc3c(n2)CCCC3)nc1-c1ccc(C#N)cc1. The lowest BCUT2D eigenvalue weighted by Gasteiger charge is -2.15. The van der Waals surface area contributed by atoms with E-state index < -0.39 is 0 Å². The van der Waals surface area contributed by atoms with E-state index >= 15 is 0 Å². The number of hydrogen-bond donors (Lipinski definition) is 0. The molecule has 4 nitrogen and oxygen atoms in total. The van der Waals surface area contributed by atoms with Crippen LogP contribution in [-0.4, -0.2) is 15.0 Å². The quantitative estimate of drug-likeness (QED) is 0.706. The maximum absolute atomic E-state index is 8.96. The van der Waals surface area contributed by atoms with Gasteiger partial charge >= 0.3 is 0 Å². The number of benzene rings is 1. The summed E-state index contributed by atoms with van der Waals surface area (Å²) >= 11 is 0. The number of rotatable bonds is 2. The zero-order valence-corrected chi connectivity index (χ0v) is 14.2. The third kappa shape index (κ3) is 3.01. The van der Waals surface area contributed by atoms with Gasteiger partial charge in [0, 0.05) is 17.5 Å². The maximum atomic E-state index is 8.96. The summed E-state index contributed by atoms with van der Waals surface area (Å²) in [6.45, 7) is 2.04. The number of aryl methyl sites for hydroxylation is 3. The van der Waals surface area contributed by atoms with E-state index in [1.165, 1.54) is 24.1 Å². The van der Waals surface area contributed by atoms with Gasteiger partial charge in [0.1, 0.15) is 5.69 Å². The Morgan fingerprint density at radius 2 is 1.76 bits per heavy atom. The molecule has 0 saturated carbocycles. The van der Waals surface area contributed by atoms with Crippen molar-refractivity contribution in [3.63, 3.8) is 0 Å². The van der Waals surface area contributed by atoms with Crippen molar-refractivity contribution in [3.8, 4) is 28.8 Å². The van der Waals surface area contributed by atoms with Crippen LogP contribution in [0.3, 0.4) is 0 Å². The molecule has 2 aromatic heterocycles. The molecule has 0 unspecified atom stereocenters. The van der Waals surface area contributed by atoms with Crippen LogP contribution in [0.1, 0.15) is 35.2 Å². The predicted molar refractivity (Wildman–Crippen MR) is 96.8 cm³/mol. The van der Waals surface area contributed by atoms with Gasteiger partial charge in [-0.1, -0.05) is 18.2 Å². The van der Waals surface area contributed by atoms with Crippen molar-refractivity contribution in [3.05, 3.63) is 65.0 Å². The molecular formula is C21H18N4. The molecule has 4 heteroatoms. The van der Waals surface area contributed by atoms with Crippen LogP contribution in [0, 0.1) is 18.3 Å². The second-order valence-corrected chi connectivity index (χ2v) is 6.42. The van der Waals surface area contributed by atoms with Crippen LogP contribution in [0.25, 0.3) is 22.8 Å². The van der Waals surface area contributed by atoms with Crippen LogP contribution in [0.5, 0.6) is 0 Å². The number of fused-ring (bicyclic) bond motifs is 1. The zero-order valence-electron chi connectivity index (χ0n) is 14.2. The summed E-state index contributed by atoms with van der Waals surface area (Å²) < 4.78 is 0. The minimum Gasteiger partial charge on any atom is -0.244 e. The van der Waals surface area contributed by atoms with Gasteiger partial charge in [-0.25, -0.2) is 15.0 Å². The first-order valence-electron chi connectivity index (χ1n) is 8.58. The Balaban J connectivity index is 1.75. The number of pyridine rings is 1. The molecule has 1 aliphatic rings. The molecule has 0 saturated heterocycles. The normalized spacial score (nSPS) is 13.1. The summed E-state index contributed by atoms with van der Waals surface area (Å²) in [4.78, 5) is 14.1. The third-order valence-electron chi connectivity index (χ3n) is 4.68. The van der Waals surface area contributed by atoms with Crippen LogP contribution in [0.4, 0.5) is 0 Å². The highest BCUT2D eigenvalue weighted by Crippen LogP contribution is 2.26. The molecule has 1 aliphatic carbocycles. The minimum atomic E-state index is 0.649. The second kappa shape index (κ2) is 6.45. The summed E-state index contributed by atoms with van der Waals surface area (Å²) in [5.41, 5.74) is 6.87. The molecule has 25 heavy (non-hydrogen) atoms. The number of hydrogen-bond acceptors (Lipinski definition) is 4. The van der Waals surface area contributed by atoms with Crippen molar-refractivity contribution < 1.29 is 0 Å². The van der Waals surface area contributed by atoms with Crippen molar-refractivity contribution in [2.45, 2.75) is 32.6 Å². The lowest BCUT2D eigenvalue weighted by atomic mass is 9.97. The zero-order chi connectivity index (χ0) is 17.2. The van der Waals surface area contributed by atoms with Gasteiger partial charge in [-0.05, 0) is 61.9 Å². The molecule has 0 aliphatic heterocycles. The Hall–Kier alpha value is -3.06. The maximum Gasteiger partial charge on any atom is 0.178 e. The van der Waals surface area contributed by atoms with Crippen molar-refractivity contribution in [2.24, 2.45) is 0 Å². The average molecular weight is 326 g/mol. The smallest absolute Gasteiger partial charge is 0.178 e. The monoisotopic (exact) mass is 326 g/mol. The molecule has 122 valence electrons. The minimum absolute atomic E-state index is 0.649. The van der Waals surface area contributed by atoms with Gasteiger partial charge in [0.05, 0.1) is 17.3 Å². The summed E-state index contributed by atoms with van der Waals surface area (Å²) in [7, 11) is 0. The molecule has 0 atom stereocenters. The Morgan fingerprint density at radius 3 is 2.56 bits per heavy atom. The fourth-order valence-electron chi connectivity index (χ4n) is 3.25. The van der Waals surface area contributed by atoms with Crippen LogP contribution < -0.4 is 0 Å². The summed E-state index contributed by atoms with van der Waals surface area (Å²) in [5, 5.41) is 8.96. The van der Waals surface area contributed by atoms with Gasteiger partial charge in [-0.15, -0.1) is 0 Å². The Labute approximate surface area is 147 Å². The largest absolute Gasteiger partial charge is 0.244 e. The molecular weight excluding hydrogens is 308 g/mol. The van der Waals surface area contributed by atoms with E-state index in [-0.39, 0.29) is 0 Å². The van der Waals surface area contributed by atoms with Gasteiger partial charge < -0.3 is 0 Å². The Bertz CT molecular complexity index is 968. The summed E-state index contributed by atoms with van der Waals surface area (Å²) in [6.07, 6.45) is 6.48. The van der Waals surface area contributed by atoms with Crippen molar-refractivity contribution in [1.29, 1.82) is 5.26 Å². The first kappa shape index (κ1) is 15.5. The highest BCUT2D eigenvalue weighted by molar-refractivity contribution is 5.67. The first-order valence-corrected chi connectivity index (χ1v) is 8.58. The average Bonchev–Trinajstić information content (AvgIpc) is 2.68. The topological polar surface area (TPSA) is 62.5 Å². The van der Waals surface area contributed by atoms with Gasteiger partial charge in [-0.2, -0.15) is 5.26 Å². The molecule has 0 fully saturated rings. The highest BCUT2D eigenvalue weighted by Gasteiger charge is 2.14. The fraction of sp³-hybridized carbons (Fsp3) is 0.238. The molecule has 1 aromatic carbocycles. The molecule has 0 radical (unpaired) electrons. The Kier molecular flexibility index (Phi) is 3.99. The van der Waals surface area contributed by atoms with Crippen molar-refractivity contribution >= 4 is 0 Å². The van der Waals surface area contributed by atoms with Gasteiger partial charge in [0.25, 0.3) is 0 Å². The van der Waals surface area contributed by atoms with Crippen LogP contribution in [0.15, 0.2) is 42.6 Å². The number of nitrogens with zero attached hydrogens (tertiary/aromatic N) is 4. The van der Waals surface area contributed by atoms with Crippen molar-refractivity contribution in [1.82, 2.24) is 15.0 Å². The fourth-order valence-corrected chi connectivity index (χ4v) is 3.25. The number of aromatic nitrogens is 3. The van der Waals surface area contributed by atoms with E-state index in [4.69, 9.17) is 15.2 Å². The first-order chi connectivity index (χ1) is 12.2. The lowest BCUT2D eigenvalue weighted by Crippen LogP contribution is -2.07. The van der Waals surface area contributed by atoms with Gasteiger partial charge in [0.2, 0.25) is 0 Å². The predicted octanol–water partition coefficient (Wildman–Crippen LogP) is 4.26. The lowest BCUT2D eigenvalue weighted by molar-refractivity contribution is 0.663. The van der Waals surface area contributed by atoms with Crippen LogP contribution in [0.2, 0.25) is 0 Å². The van der Waals surface area contributed by atoms with E-state index in [0.717, 1.165) is 35.4 Å². The third-order valence-corrected chi connectivity index (χ3v) is 4.68. The molecule has 3 aromatic rings. The van der Waals surface area contributed by atoms with Crippen LogP contribution in [-0.2, 0) is 12.8 Å². The highest BCUT2D eigenvalue weighted by atomic mass is 14.9. The molecule has 0 N–H and O–H groups in total. The molecule has 4 rings (SSSR count). The number of nitriles is 1. The Morgan fingerprint density at radius 1 is 0.960 bits per heavy atom. The molecule has 0 bridgehead atoms. The molecule has 2 heterocycles. The van der Waals surface area contributed by atoms with Crippen molar-refractivity contribution in [2.75, 3.05) is 0 Å². The van der Waals surface area contributed by atoms with Gasteiger partial charge in [0.15, 0.2) is 5.82 Å². The van der Waals surface area contributed by atoms with E-state index in [1.54, 1.807) is 0 Å². The standard InChI is InChI=1S/C21H18N4/c1-14-6-11-19(21-23-13-17-4-2-3-5-18(17)25-21)24-20(14)16-9-7-15(12-22)8-10-16/h6-11,13H,2-5H2,1H3. The summed E-state index contributed by atoms with van der Waals surface area (Å²) in [5.74, 6) is 0.690. The summed E-state index contributed by atoms with van der Waals surface area (Å²) in [6, 6.07) is 13.7. The molecule has 0 spiro atoms. The van der Waals surface area contributed by atoms with E-state index in [0.29, 0.717) is 11.4 Å². The van der Waals surface area contributed by atoms with Crippen LogP contribution >= 0.6 is 0 Å². The molecule has 0 amide bonds. The van der Waals surface area contributed by atoms with E-state index in [2.05, 4.69) is 17.1 Å². The van der Waals surface area contributed by atoms with Gasteiger partial charge in [-0.3, -0.25) is 0 Å². The second-order valence-electron chi connectivity index (χ2n) is 6.42. The van der Waals surface area contributed by atoms with E-state index in [9.17, 15) is 0 Å².